The molecule has 17 heavy (non-hydrogen) atoms. The molecular weight excluding hydrogens is 276 g/mol. The Morgan fingerprint density at radius 2 is 2.00 bits per heavy atom. The van der Waals surface area contributed by atoms with Gasteiger partial charge in [0.05, 0.1) is 6.61 Å². The molecule has 0 aromatic heterocycles. The van der Waals surface area contributed by atoms with E-state index in [1.807, 2.05) is 0 Å². The summed E-state index contributed by atoms with van der Waals surface area (Å²) in [6.45, 7) is 0.263. The van der Waals surface area contributed by atoms with Gasteiger partial charge in [0.15, 0.2) is 0 Å². The molecule has 0 unspecified atom stereocenters. The summed E-state index contributed by atoms with van der Waals surface area (Å²) in [5, 5.41) is 12.2. The average molecular weight is 291 g/mol. The van der Waals surface area contributed by atoms with Crippen LogP contribution in [0.3, 0.4) is 0 Å². The second-order valence-electron chi connectivity index (χ2n) is 4.96. The molecule has 0 bridgehead atoms. The predicted molar refractivity (Wildman–Crippen MR) is 74.3 cm³/mol. The molecule has 1 N–H and O–H groups in total. The summed E-state index contributed by atoms with van der Waals surface area (Å²) < 4.78 is 1.10. The number of hydrogen-bond acceptors (Lipinski definition) is 1. The first-order valence-electron chi connectivity index (χ1n) is 6.05. The van der Waals surface area contributed by atoms with Crippen LogP contribution in [0, 0.1) is 0 Å². The van der Waals surface area contributed by atoms with E-state index < -0.39 is 0 Å². The van der Waals surface area contributed by atoms with Crippen LogP contribution in [-0.4, -0.2) is 11.7 Å². The number of benzene rings is 2. The summed E-state index contributed by atoms with van der Waals surface area (Å²) in [5.41, 5.74) is 1.32. The molecule has 0 spiro atoms. The van der Waals surface area contributed by atoms with Gasteiger partial charge in [-0.1, -0.05) is 46.6 Å². The zero-order chi connectivity index (χ0) is 11.9. The van der Waals surface area contributed by atoms with Gasteiger partial charge in [0.2, 0.25) is 0 Å². The van der Waals surface area contributed by atoms with Crippen molar-refractivity contribution in [3.8, 4) is 0 Å². The van der Waals surface area contributed by atoms with Gasteiger partial charge in [0.1, 0.15) is 0 Å². The standard InChI is InChI=1S/C15H15BrO/c16-12-6-5-11-3-1-4-14(13(11)9-12)15(10-17)7-2-8-15/h1,3-6,9,17H,2,7-8,10H2. The molecule has 1 aliphatic carbocycles. The Hall–Kier alpha value is -0.860. The van der Waals surface area contributed by atoms with Gasteiger partial charge in [-0.2, -0.15) is 0 Å². The fraction of sp³-hybridized carbons (Fsp3) is 0.333. The third-order valence-corrected chi connectivity index (χ3v) is 4.52. The topological polar surface area (TPSA) is 20.2 Å². The first-order chi connectivity index (χ1) is 8.25. The van der Waals surface area contributed by atoms with Crippen LogP contribution < -0.4 is 0 Å². The largest absolute Gasteiger partial charge is 0.395 e. The van der Waals surface area contributed by atoms with E-state index in [9.17, 15) is 5.11 Å². The van der Waals surface area contributed by atoms with E-state index in [-0.39, 0.29) is 12.0 Å². The molecule has 3 rings (SSSR count). The van der Waals surface area contributed by atoms with E-state index in [0.29, 0.717) is 0 Å². The third kappa shape index (κ3) is 1.71. The molecule has 0 atom stereocenters. The van der Waals surface area contributed by atoms with Crippen molar-refractivity contribution in [3.05, 3.63) is 46.4 Å². The number of aliphatic hydroxyl groups is 1. The highest BCUT2D eigenvalue weighted by Gasteiger charge is 2.38. The van der Waals surface area contributed by atoms with Crippen molar-refractivity contribution in [2.75, 3.05) is 6.61 Å². The first kappa shape index (κ1) is 11.2. The lowest BCUT2D eigenvalue weighted by Gasteiger charge is -2.41. The highest BCUT2D eigenvalue weighted by molar-refractivity contribution is 9.10. The van der Waals surface area contributed by atoms with E-state index in [0.717, 1.165) is 17.3 Å². The van der Waals surface area contributed by atoms with Gasteiger partial charge >= 0.3 is 0 Å². The van der Waals surface area contributed by atoms with Crippen LogP contribution in [0.5, 0.6) is 0 Å². The Balaban J connectivity index is 2.25. The SMILES string of the molecule is OCC1(c2cccc3ccc(Br)cc23)CCC1. The summed E-state index contributed by atoms with van der Waals surface area (Å²) in [6.07, 6.45) is 3.44. The van der Waals surface area contributed by atoms with Crippen molar-refractivity contribution in [3.63, 3.8) is 0 Å². The lowest BCUT2D eigenvalue weighted by Crippen LogP contribution is -2.38. The second kappa shape index (κ2) is 4.11. The summed E-state index contributed by atoms with van der Waals surface area (Å²) in [7, 11) is 0. The lowest BCUT2D eigenvalue weighted by molar-refractivity contribution is 0.121. The smallest absolute Gasteiger partial charge is 0.0528 e. The summed E-state index contributed by atoms with van der Waals surface area (Å²) in [6, 6.07) is 12.8. The fourth-order valence-corrected chi connectivity index (χ4v) is 3.18. The maximum atomic E-state index is 9.71. The normalized spacial score (nSPS) is 18.0. The van der Waals surface area contributed by atoms with E-state index >= 15 is 0 Å². The highest BCUT2D eigenvalue weighted by atomic mass is 79.9. The number of fused-ring (bicyclic) bond motifs is 1. The van der Waals surface area contributed by atoms with Gasteiger partial charge in [-0.05, 0) is 41.3 Å². The summed E-state index contributed by atoms with van der Waals surface area (Å²) >= 11 is 3.53. The van der Waals surface area contributed by atoms with Gasteiger partial charge in [-0.25, -0.2) is 0 Å². The monoisotopic (exact) mass is 290 g/mol. The van der Waals surface area contributed by atoms with Crippen molar-refractivity contribution in [2.24, 2.45) is 0 Å². The molecule has 0 saturated heterocycles. The molecule has 0 heterocycles. The van der Waals surface area contributed by atoms with Crippen molar-refractivity contribution >= 4 is 26.7 Å². The maximum Gasteiger partial charge on any atom is 0.0528 e. The van der Waals surface area contributed by atoms with Crippen molar-refractivity contribution in [1.29, 1.82) is 0 Å². The molecular formula is C15H15BrO. The Bertz CT molecular complexity index is 552. The van der Waals surface area contributed by atoms with Crippen LogP contribution in [0.2, 0.25) is 0 Å². The van der Waals surface area contributed by atoms with Crippen LogP contribution in [0.25, 0.3) is 10.8 Å². The van der Waals surface area contributed by atoms with Crippen molar-refractivity contribution in [2.45, 2.75) is 24.7 Å². The molecule has 2 aromatic rings. The van der Waals surface area contributed by atoms with Crippen LogP contribution in [0.4, 0.5) is 0 Å². The second-order valence-corrected chi connectivity index (χ2v) is 5.88. The Kier molecular flexibility index (Phi) is 2.72. The average Bonchev–Trinajstić information content (AvgIpc) is 2.29. The molecule has 1 aliphatic rings. The van der Waals surface area contributed by atoms with Gasteiger partial charge in [0.25, 0.3) is 0 Å². The Labute approximate surface area is 110 Å². The fourth-order valence-electron chi connectivity index (χ4n) is 2.82. The minimum absolute atomic E-state index is 0.0142. The van der Waals surface area contributed by atoms with Gasteiger partial charge in [-0.15, -0.1) is 0 Å². The predicted octanol–water partition coefficient (Wildman–Crippen LogP) is 4.02. The number of aliphatic hydroxyl groups excluding tert-OH is 1. The number of rotatable bonds is 2. The van der Waals surface area contributed by atoms with Crippen LogP contribution >= 0.6 is 15.9 Å². The quantitative estimate of drug-likeness (QED) is 0.886. The molecule has 1 nitrogen and oxygen atoms in total. The molecule has 88 valence electrons. The third-order valence-electron chi connectivity index (χ3n) is 4.03. The molecule has 0 amide bonds. The first-order valence-corrected chi connectivity index (χ1v) is 6.84. The highest BCUT2D eigenvalue weighted by Crippen LogP contribution is 2.45. The van der Waals surface area contributed by atoms with Crippen LogP contribution in [-0.2, 0) is 5.41 Å². The maximum absolute atomic E-state index is 9.71. The zero-order valence-corrected chi connectivity index (χ0v) is 11.2. The molecule has 0 radical (unpaired) electrons. The number of hydrogen-bond donors (Lipinski definition) is 1. The van der Waals surface area contributed by atoms with Crippen LogP contribution in [0.15, 0.2) is 40.9 Å². The van der Waals surface area contributed by atoms with Crippen LogP contribution in [0.1, 0.15) is 24.8 Å². The molecule has 1 fully saturated rings. The number of halogens is 1. The molecule has 2 heteroatoms. The lowest BCUT2D eigenvalue weighted by atomic mass is 9.64. The van der Waals surface area contributed by atoms with E-state index in [1.165, 1.54) is 22.8 Å². The van der Waals surface area contributed by atoms with E-state index in [1.54, 1.807) is 0 Å². The van der Waals surface area contributed by atoms with E-state index in [2.05, 4.69) is 52.3 Å². The minimum Gasteiger partial charge on any atom is -0.395 e. The minimum atomic E-state index is 0.0142. The van der Waals surface area contributed by atoms with Gasteiger partial charge < -0.3 is 5.11 Å². The van der Waals surface area contributed by atoms with Crippen molar-refractivity contribution in [1.82, 2.24) is 0 Å². The molecule has 1 saturated carbocycles. The van der Waals surface area contributed by atoms with Gasteiger partial charge in [-0.3, -0.25) is 0 Å². The zero-order valence-electron chi connectivity index (χ0n) is 9.62. The van der Waals surface area contributed by atoms with Gasteiger partial charge in [0, 0.05) is 9.89 Å². The summed E-state index contributed by atoms with van der Waals surface area (Å²) in [5.74, 6) is 0. The molecule has 2 aromatic carbocycles. The summed E-state index contributed by atoms with van der Waals surface area (Å²) in [4.78, 5) is 0. The Morgan fingerprint density at radius 3 is 2.65 bits per heavy atom. The Morgan fingerprint density at radius 1 is 1.18 bits per heavy atom. The molecule has 0 aliphatic heterocycles. The van der Waals surface area contributed by atoms with Crippen molar-refractivity contribution < 1.29 is 5.11 Å². The van der Waals surface area contributed by atoms with E-state index in [4.69, 9.17) is 0 Å².